The second-order valence-electron chi connectivity index (χ2n) is 6.29. The minimum Gasteiger partial charge on any atom is -0.334 e. The molecule has 2 aromatic heterocycles. The maximum Gasteiger partial charge on any atom is 0.317 e. The van der Waals surface area contributed by atoms with Gasteiger partial charge >= 0.3 is 6.03 Å². The van der Waals surface area contributed by atoms with E-state index in [-0.39, 0.29) is 12.1 Å². The number of urea groups is 1. The molecule has 2 amide bonds. The van der Waals surface area contributed by atoms with Crippen molar-refractivity contribution in [3.8, 4) is 5.82 Å². The van der Waals surface area contributed by atoms with Crippen molar-refractivity contribution in [1.82, 2.24) is 24.8 Å². The Kier molecular flexibility index (Phi) is 5.73. The molecule has 2 heterocycles. The van der Waals surface area contributed by atoms with E-state index in [0.29, 0.717) is 12.5 Å². The van der Waals surface area contributed by atoms with Crippen molar-refractivity contribution in [3.05, 3.63) is 42.6 Å². The summed E-state index contributed by atoms with van der Waals surface area (Å²) >= 11 is 0. The normalized spacial score (nSPS) is 11.0. The first kappa shape index (κ1) is 17.0. The van der Waals surface area contributed by atoms with Gasteiger partial charge in [-0.15, -0.1) is 0 Å². The van der Waals surface area contributed by atoms with E-state index in [4.69, 9.17) is 0 Å². The summed E-state index contributed by atoms with van der Waals surface area (Å²) in [5.41, 5.74) is 1.00. The Morgan fingerprint density at radius 2 is 2.09 bits per heavy atom. The smallest absolute Gasteiger partial charge is 0.317 e. The number of amides is 2. The van der Waals surface area contributed by atoms with Gasteiger partial charge in [0, 0.05) is 37.7 Å². The summed E-state index contributed by atoms with van der Waals surface area (Å²) in [5, 5.41) is 2.99. The van der Waals surface area contributed by atoms with Gasteiger partial charge in [-0.2, -0.15) is 0 Å². The van der Waals surface area contributed by atoms with E-state index in [1.54, 1.807) is 18.7 Å². The number of pyridine rings is 1. The van der Waals surface area contributed by atoms with Crippen LogP contribution in [0.1, 0.15) is 33.3 Å². The fraction of sp³-hybridized carbons (Fsp3) is 0.471. The molecule has 2 rings (SSSR count). The first-order chi connectivity index (χ1) is 11.0. The fourth-order valence-electron chi connectivity index (χ4n) is 2.31. The number of carbonyl (C=O) groups is 1. The topological polar surface area (TPSA) is 63.1 Å². The molecule has 0 aliphatic heterocycles. The van der Waals surface area contributed by atoms with E-state index in [0.717, 1.165) is 17.9 Å². The fourth-order valence-corrected chi connectivity index (χ4v) is 2.31. The number of carbonyl (C=O) groups excluding carboxylic acids is 1. The van der Waals surface area contributed by atoms with Gasteiger partial charge in [-0.05, 0) is 37.5 Å². The lowest BCUT2D eigenvalue weighted by Gasteiger charge is -2.28. The Hall–Kier alpha value is -2.37. The van der Waals surface area contributed by atoms with Gasteiger partial charge in [-0.1, -0.05) is 13.8 Å². The quantitative estimate of drug-likeness (QED) is 0.891. The summed E-state index contributed by atoms with van der Waals surface area (Å²) in [5.74, 6) is 1.23. The van der Waals surface area contributed by atoms with Crippen LogP contribution >= 0.6 is 0 Å². The lowest BCUT2D eigenvalue weighted by Crippen LogP contribution is -2.45. The Bertz CT molecular complexity index is 622. The van der Waals surface area contributed by atoms with Crippen molar-refractivity contribution < 1.29 is 4.79 Å². The van der Waals surface area contributed by atoms with Crippen LogP contribution in [-0.2, 0) is 6.54 Å². The highest BCUT2D eigenvalue weighted by Crippen LogP contribution is 2.08. The molecule has 124 valence electrons. The number of rotatable bonds is 6. The third-order valence-electron chi connectivity index (χ3n) is 3.47. The highest BCUT2D eigenvalue weighted by atomic mass is 16.2. The van der Waals surface area contributed by atoms with Crippen molar-refractivity contribution in [1.29, 1.82) is 0 Å². The number of nitrogens with zero attached hydrogens (tertiary/aromatic N) is 4. The number of imidazole rings is 1. The molecule has 0 saturated heterocycles. The van der Waals surface area contributed by atoms with Gasteiger partial charge < -0.3 is 10.2 Å². The molecule has 23 heavy (non-hydrogen) atoms. The zero-order chi connectivity index (χ0) is 16.8. The van der Waals surface area contributed by atoms with Crippen LogP contribution in [0.4, 0.5) is 4.79 Å². The molecule has 0 aliphatic rings. The van der Waals surface area contributed by atoms with Crippen LogP contribution in [0.5, 0.6) is 0 Å². The number of aromatic nitrogens is 3. The van der Waals surface area contributed by atoms with Gasteiger partial charge in [0.25, 0.3) is 0 Å². The number of hydrogen-bond donors (Lipinski definition) is 1. The third kappa shape index (κ3) is 4.81. The Morgan fingerprint density at radius 3 is 2.70 bits per heavy atom. The van der Waals surface area contributed by atoms with Crippen LogP contribution in [0.3, 0.4) is 0 Å². The molecule has 1 N–H and O–H groups in total. The van der Waals surface area contributed by atoms with Crippen LogP contribution in [0.15, 0.2) is 37.1 Å². The zero-order valence-corrected chi connectivity index (χ0v) is 14.2. The summed E-state index contributed by atoms with van der Waals surface area (Å²) in [4.78, 5) is 22.6. The second-order valence-corrected chi connectivity index (χ2v) is 6.29. The molecule has 0 radical (unpaired) electrons. The number of hydrogen-bond acceptors (Lipinski definition) is 3. The van der Waals surface area contributed by atoms with Gasteiger partial charge in [-0.25, -0.2) is 14.8 Å². The van der Waals surface area contributed by atoms with Crippen molar-refractivity contribution in [2.24, 2.45) is 5.92 Å². The van der Waals surface area contributed by atoms with Crippen molar-refractivity contribution in [3.63, 3.8) is 0 Å². The minimum absolute atomic E-state index is 0.0327. The van der Waals surface area contributed by atoms with Gasteiger partial charge in [0.05, 0.1) is 0 Å². The van der Waals surface area contributed by atoms with Crippen molar-refractivity contribution in [2.45, 2.75) is 40.3 Å². The predicted octanol–water partition coefficient (Wildman–Crippen LogP) is 2.84. The van der Waals surface area contributed by atoms with E-state index in [1.807, 2.05) is 41.6 Å². The molecular formula is C17H25N5O. The average Bonchev–Trinajstić information content (AvgIpc) is 3.04. The first-order valence-corrected chi connectivity index (χ1v) is 7.95. The second kappa shape index (κ2) is 7.76. The minimum atomic E-state index is -0.0327. The Balaban J connectivity index is 2.00. The molecule has 0 unspecified atom stereocenters. The molecule has 0 aliphatic carbocycles. The Labute approximate surface area is 137 Å². The van der Waals surface area contributed by atoms with Crippen molar-refractivity contribution >= 4 is 6.03 Å². The van der Waals surface area contributed by atoms with Gasteiger partial charge in [0.1, 0.15) is 12.1 Å². The predicted molar refractivity (Wildman–Crippen MR) is 90.3 cm³/mol. The van der Waals surface area contributed by atoms with E-state index >= 15 is 0 Å². The lowest BCUT2D eigenvalue weighted by molar-refractivity contribution is 0.174. The highest BCUT2D eigenvalue weighted by molar-refractivity contribution is 5.74. The van der Waals surface area contributed by atoms with Gasteiger partial charge in [0.15, 0.2) is 0 Å². The summed E-state index contributed by atoms with van der Waals surface area (Å²) < 4.78 is 1.84. The van der Waals surface area contributed by atoms with E-state index in [1.165, 1.54) is 0 Å². The molecule has 2 aromatic rings. The molecule has 0 saturated carbocycles. The molecule has 0 atom stereocenters. The summed E-state index contributed by atoms with van der Waals surface area (Å²) in [6.45, 7) is 9.52. The molecule has 6 nitrogen and oxygen atoms in total. The number of nitrogens with one attached hydrogen (secondary N) is 1. The first-order valence-electron chi connectivity index (χ1n) is 7.95. The third-order valence-corrected chi connectivity index (χ3v) is 3.47. The largest absolute Gasteiger partial charge is 0.334 e. The maximum atomic E-state index is 12.4. The van der Waals surface area contributed by atoms with Crippen molar-refractivity contribution in [2.75, 3.05) is 6.54 Å². The van der Waals surface area contributed by atoms with Crippen LogP contribution in [0, 0.1) is 5.92 Å². The molecule has 0 fully saturated rings. The monoisotopic (exact) mass is 315 g/mol. The molecule has 0 aromatic carbocycles. The van der Waals surface area contributed by atoms with Crippen LogP contribution in [0.25, 0.3) is 5.82 Å². The van der Waals surface area contributed by atoms with Crippen LogP contribution in [-0.4, -0.2) is 38.1 Å². The zero-order valence-electron chi connectivity index (χ0n) is 14.2. The van der Waals surface area contributed by atoms with E-state index < -0.39 is 0 Å². The standard InChI is InChI=1S/C17H25N5O/c1-13(2)11-22(14(3)4)17(23)20-10-15-5-6-19-16(9-15)21-8-7-18-12-21/h5-9,12-14H,10-11H2,1-4H3,(H,20,23). The Morgan fingerprint density at radius 1 is 1.30 bits per heavy atom. The van der Waals surface area contributed by atoms with E-state index in [2.05, 4.69) is 29.1 Å². The van der Waals surface area contributed by atoms with E-state index in [9.17, 15) is 4.79 Å². The summed E-state index contributed by atoms with van der Waals surface area (Å²) in [6.07, 6.45) is 7.00. The van der Waals surface area contributed by atoms with Crippen LogP contribution < -0.4 is 5.32 Å². The molecule has 6 heteroatoms. The van der Waals surface area contributed by atoms with Gasteiger partial charge in [0.2, 0.25) is 0 Å². The molecule has 0 bridgehead atoms. The highest BCUT2D eigenvalue weighted by Gasteiger charge is 2.17. The summed E-state index contributed by atoms with van der Waals surface area (Å²) in [7, 11) is 0. The van der Waals surface area contributed by atoms with Crippen LogP contribution in [0.2, 0.25) is 0 Å². The van der Waals surface area contributed by atoms with Gasteiger partial charge in [-0.3, -0.25) is 4.57 Å². The lowest BCUT2D eigenvalue weighted by atomic mass is 10.2. The molecular weight excluding hydrogens is 290 g/mol. The average molecular weight is 315 g/mol. The SMILES string of the molecule is CC(C)CN(C(=O)NCc1ccnc(-n2ccnc2)c1)C(C)C. The maximum absolute atomic E-state index is 12.4. The summed E-state index contributed by atoms with van der Waals surface area (Å²) in [6, 6.07) is 4.00. The molecule has 0 spiro atoms.